The van der Waals surface area contributed by atoms with Gasteiger partial charge in [-0.1, -0.05) is 18.1 Å². The van der Waals surface area contributed by atoms with Crippen LogP contribution < -0.4 is 0 Å². The van der Waals surface area contributed by atoms with E-state index in [0.717, 1.165) is 0 Å². The van der Waals surface area contributed by atoms with Gasteiger partial charge >= 0.3 is 0 Å². The summed E-state index contributed by atoms with van der Waals surface area (Å²) in [6, 6.07) is -4.08. The van der Waals surface area contributed by atoms with Gasteiger partial charge in [0.15, 0.2) is 0 Å². The van der Waals surface area contributed by atoms with Gasteiger partial charge in [0.25, 0.3) is 5.69 Å². The number of nitrogens with zero attached hydrogens (tertiary/aromatic N) is 1. The predicted octanol–water partition coefficient (Wildman–Crippen LogP) is 2.85. The van der Waals surface area contributed by atoms with Crippen molar-refractivity contribution >= 4 is 16.5 Å². The number of rotatable bonds is 1. The Hall–Kier alpha value is -1.90. The molecule has 3 heteroatoms. The van der Waals surface area contributed by atoms with Crippen molar-refractivity contribution in [1.82, 2.24) is 0 Å². The van der Waals surface area contributed by atoms with Crippen LogP contribution in [0, 0.1) is 10.1 Å². The van der Waals surface area contributed by atoms with Gasteiger partial charge in [-0.2, -0.15) is 0 Å². The average Bonchev–Trinajstić information content (AvgIpc) is 2.62. The second kappa shape index (κ2) is 2.79. The predicted molar refractivity (Wildman–Crippen MR) is 58.0 cm³/mol. The molecule has 0 fully saturated rings. The molecule has 0 unspecified atom stereocenters. The Bertz CT molecular complexity index is 934. The summed E-state index contributed by atoms with van der Waals surface area (Å²) >= 11 is 0. The molecule has 1 aliphatic rings. The van der Waals surface area contributed by atoms with Crippen LogP contribution in [0.1, 0.15) is 23.5 Å². The van der Waals surface area contributed by atoms with E-state index in [9.17, 15) is 10.1 Å². The summed E-state index contributed by atoms with van der Waals surface area (Å²) in [5, 5.41) is 10.3. The van der Waals surface area contributed by atoms with E-state index in [4.69, 9.17) is 12.3 Å². The van der Waals surface area contributed by atoms with Gasteiger partial charge in [-0.15, -0.1) is 0 Å². The van der Waals surface area contributed by atoms with Crippen LogP contribution in [-0.2, 0) is 12.7 Å². The maximum Gasteiger partial charge on any atom is 0.277 e. The first-order valence-electron chi connectivity index (χ1n) is 8.59. The molecule has 1 aliphatic carbocycles. The van der Waals surface area contributed by atoms with E-state index in [-0.39, 0.29) is 0 Å². The minimum Gasteiger partial charge on any atom is -0.258 e. The van der Waals surface area contributed by atoms with E-state index < -0.39 is 75.5 Å². The molecule has 74 valence electrons. The maximum absolute atomic E-state index is 11.3. The zero-order chi connectivity index (χ0) is 18.4. The molecule has 15 heavy (non-hydrogen) atoms. The van der Waals surface area contributed by atoms with Crippen LogP contribution in [0.2, 0.25) is 0 Å². The summed E-state index contributed by atoms with van der Waals surface area (Å²) in [7, 11) is 0. The zero-order valence-electron chi connectivity index (χ0n) is 16.3. The van der Waals surface area contributed by atoms with E-state index in [1.54, 1.807) is 0 Å². The fraction of sp³-hybridized carbons (Fsp3) is 0.167. The number of aryl methyl sites for hydroxylation is 2. The average molecular weight is 208 g/mol. The molecular formula is C12H9NO2. The molecule has 0 atom stereocenters. The van der Waals surface area contributed by atoms with Crippen molar-refractivity contribution in [3.05, 3.63) is 51.5 Å². The Kier molecular flexibility index (Phi) is 0.615. The monoisotopic (exact) mass is 208 g/mol. The molecule has 2 aromatic carbocycles. The molecule has 3 nitrogen and oxygen atoms in total. The smallest absolute Gasteiger partial charge is 0.258 e. The molecule has 0 amide bonds. The second-order valence-corrected chi connectivity index (χ2v) is 2.98. The quantitative estimate of drug-likeness (QED) is 0.534. The number of nitro benzene ring substituents is 1. The lowest BCUT2D eigenvalue weighted by atomic mass is 10.0. The molecule has 0 spiro atoms. The SMILES string of the molecule is [2H]c1c([2H])c2c3c(c([2H])c([2H])c([N+](=O)[O-])c3c1[2H])C([2H])([2H])C2([2H])[2H]. The van der Waals surface area contributed by atoms with Gasteiger partial charge in [0.05, 0.1) is 17.2 Å². The van der Waals surface area contributed by atoms with Crippen molar-refractivity contribution in [1.29, 1.82) is 0 Å². The summed E-state index contributed by atoms with van der Waals surface area (Å²) in [6.07, 6.45) is -5.66. The molecule has 0 bridgehead atoms. The fourth-order valence-electron chi connectivity index (χ4n) is 1.53. The van der Waals surface area contributed by atoms with Gasteiger partial charge < -0.3 is 0 Å². The molecule has 0 heterocycles. The van der Waals surface area contributed by atoms with Gasteiger partial charge in [-0.3, -0.25) is 10.1 Å². The van der Waals surface area contributed by atoms with E-state index >= 15 is 0 Å². The van der Waals surface area contributed by atoms with E-state index in [0.29, 0.717) is 0 Å². The van der Waals surface area contributed by atoms with Crippen LogP contribution in [0.4, 0.5) is 5.69 Å². The van der Waals surface area contributed by atoms with E-state index in [1.807, 2.05) is 0 Å². The molecule has 0 saturated heterocycles. The lowest BCUT2D eigenvalue weighted by molar-refractivity contribution is -0.383. The van der Waals surface area contributed by atoms with Gasteiger partial charge in [0, 0.05) is 11.5 Å². The minimum absolute atomic E-state index is 0.413. The normalized spacial score (nSPS) is 28.7. The molecular weight excluding hydrogens is 190 g/mol. The summed E-state index contributed by atoms with van der Waals surface area (Å²) in [6.45, 7) is 0. The third kappa shape index (κ3) is 1.06. The van der Waals surface area contributed by atoms with Gasteiger partial charge in [0.1, 0.15) is 0 Å². The van der Waals surface area contributed by atoms with Crippen LogP contribution in [0.3, 0.4) is 0 Å². The Morgan fingerprint density at radius 1 is 1.27 bits per heavy atom. The third-order valence-corrected chi connectivity index (χ3v) is 2.16. The van der Waals surface area contributed by atoms with Crippen molar-refractivity contribution in [2.45, 2.75) is 12.7 Å². The highest BCUT2D eigenvalue weighted by molar-refractivity contribution is 5.97. The highest BCUT2D eigenvalue weighted by Gasteiger charge is 2.19. The standard InChI is InChI=1S/C12H9NO2/c14-13(15)11-7-6-9-5-4-8-2-1-3-10(11)12(8)9/h1-3,6-7H,4-5H2/i1D,2D,3D,4D2,5D2,6D,7D. The van der Waals surface area contributed by atoms with Crippen molar-refractivity contribution in [3.8, 4) is 0 Å². The van der Waals surface area contributed by atoms with Crippen molar-refractivity contribution in [2.75, 3.05) is 0 Å². The molecule has 0 aromatic heterocycles. The summed E-state index contributed by atoms with van der Waals surface area (Å²) < 4.78 is 71.4. The molecule has 0 aliphatic heterocycles. The summed E-state index contributed by atoms with van der Waals surface area (Å²) in [4.78, 5) is 10.3. The van der Waals surface area contributed by atoms with Crippen molar-refractivity contribution in [3.63, 3.8) is 0 Å². The zero-order valence-corrected chi connectivity index (χ0v) is 7.26. The van der Waals surface area contributed by atoms with Crippen LogP contribution in [-0.4, -0.2) is 4.92 Å². The number of nitro groups is 1. The third-order valence-electron chi connectivity index (χ3n) is 2.16. The molecule has 2 aromatic rings. The van der Waals surface area contributed by atoms with Gasteiger partial charge in [0.2, 0.25) is 0 Å². The lowest BCUT2D eigenvalue weighted by Crippen LogP contribution is -1.90. The van der Waals surface area contributed by atoms with E-state index in [1.165, 1.54) is 0 Å². The molecule has 3 rings (SSSR count). The van der Waals surface area contributed by atoms with Crippen molar-refractivity contribution in [2.24, 2.45) is 0 Å². The molecule has 0 N–H and O–H groups in total. The number of hydrogen-bond acceptors (Lipinski definition) is 2. The molecule has 0 radical (unpaired) electrons. The first-order chi connectivity index (χ1) is 10.9. The topological polar surface area (TPSA) is 43.1 Å². The summed E-state index contributed by atoms with van der Waals surface area (Å²) in [5.74, 6) is 0. The van der Waals surface area contributed by atoms with Gasteiger partial charge in [-0.05, 0) is 35.3 Å². The maximum atomic E-state index is 11.3. The van der Waals surface area contributed by atoms with Crippen molar-refractivity contribution < 1.29 is 17.3 Å². The number of benzene rings is 2. The Labute approximate surface area is 99.1 Å². The minimum atomic E-state index is -2.83. The Balaban J connectivity index is 2.79. The molecule has 0 saturated carbocycles. The van der Waals surface area contributed by atoms with Crippen LogP contribution in [0.25, 0.3) is 10.8 Å². The fourth-order valence-corrected chi connectivity index (χ4v) is 1.53. The van der Waals surface area contributed by atoms with Crippen LogP contribution in [0.15, 0.2) is 30.2 Å². The van der Waals surface area contributed by atoms with Gasteiger partial charge in [-0.25, -0.2) is 0 Å². The largest absolute Gasteiger partial charge is 0.277 e. The Morgan fingerprint density at radius 2 is 2.00 bits per heavy atom. The lowest BCUT2D eigenvalue weighted by Gasteiger charge is -2.01. The highest BCUT2D eigenvalue weighted by Crippen LogP contribution is 2.35. The van der Waals surface area contributed by atoms with Crippen LogP contribution >= 0.6 is 0 Å². The Morgan fingerprint density at radius 3 is 2.73 bits per heavy atom. The summed E-state index contributed by atoms with van der Waals surface area (Å²) in [5.41, 5.74) is -2.13. The highest BCUT2D eigenvalue weighted by atomic mass is 16.6. The van der Waals surface area contributed by atoms with Crippen LogP contribution in [0.5, 0.6) is 0 Å². The first-order valence-corrected chi connectivity index (χ1v) is 4.09. The first kappa shape index (κ1) is 3.30. The second-order valence-electron chi connectivity index (χ2n) is 2.98. The number of hydrogen-bond donors (Lipinski definition) is 0. The van der Waals surface area contributed by atoms with E-state index in [2.05, 4.69) is 0 Å².